The second kappa shape index (κ2) is 6.60. The molecule has 0 spiro atoms. The van der Waals surface area contributed by atoms with Crippen molar-refractivity contribution in [2.45, 2.75) is 38.4 Å². The summed E-state index contributed by atoms with van der Waals surface area (Å²) < 4.78 is 38.7. The number of rotatable bonds is 5. The lowest BCUT2D eigenvalue weighted by Crippen LogP contribution is -2.38. The maximum Gasteiger partial charge on any atom is 0.416 e. The normalized spacial score (nSPS) is 14.3. The van der Waals surface area contributed by atoms with E-state index >= 15 is 0 Å². The molecular weight excluding hydrogens is 287 g/mol. The number of carboxylic acids is 1. The van der Waals surface area contributed by atoms with Crippen LogP contribution >= 0.6 is 0 Å². The van der Waals surface area contributed by atoms with E-state index in [1.807, 2.05) is 0 Å². The standard InChI is InChI=1S/C14H16F3NO3/c1-8(7-12(19)18-9(2)13(20)21)10-5-3-4-6-11(10)14(15,16)17/h3-6,8-9H,7H2,1-2H3,(H,18,19)(H,20,21)/t8?,9-/m0/s1. The highest BCUT2D eigenvalue weighted by molar-refractivity contribution is 5.83. The van der Waals surface area contributed by atoms with Crippen molar-refractivity contribution in [1.82, 2.24) is 5.32 Å². The van der Waals surface area contributed by atoms with Crippen LogP contribution in [-0.4, -0.2) is 23.0 Å². The molecule has 0 saturated heterocycles. The Kier molecular flexibility index (Phi) is 5.34. The zero-order chi connectivity index (χ0) is 16.2. The molecule has 1 amide bonds. The van der Waals surface area contributed by atoms with Gasteiger partial charge in [0, 0.05) is 6.42 Å². The van der Waals surface area contributed by atoms with E-state index in [0.717, 1.165) is 6.07 Å². The SMILES string of the molecule is CC(CC(=O)N[C@@H](C)C(=O)O)c1ccccc1C(F)(F)F. The van der Waals surface area contributed by atoms with Crippen LogP contribution < -0.4 is 5.32 Å². The van der Waals surface area contributed by atoms with Crippen LogP contribution in [0.5, 0.6) is 0 Å². The fourth-order valence-corrected chi connectivity index (χ4v) is 1.94. The molecule has 0 bridgehead atoms. The van der Waals surface area contributed by atoms with Gasteiger partial charge in [-0.3, -0.25) is 9.59 Å². The lowest BCUT2D eigenvalue weighted by Gasteiger charge is -2.18. The number of hydrogen-bond donors (Lipinski definition) is 2. The molecule has 1 aromatic carbocycles. The van der Waals surface area contributed by atoms with Gasteiger partial charge < -0.3 is 10.4 Å². The topological polar surface area (TPSA) is 66.4 Å². The molecule has 116 valence electrons. The summed E-state index contributed by atoms with van der Waals surface area (Å²) in [7, 11) is 0. The number of alkyl halides is 3. The molecule has 0 aliphatic rings. The first-order valence-electron chi connectivity index (χ1n) is 6.31. The number of halogens is 3. The smallest absolute Gasteiger partial charge is 0.416 e. The van der Waals surface area contributed by atoms with Crippen molar-refractivity contribution in [3.05, 3.63) is 35.4 Å². The maximum atomic E-state index is 12.9. The van der Waals surface area contributed by atoms with Crippen LogP contribution in [0.2, 0.25) is 0 Å². The minimum atomic E-state index is -4.49. The predicted octanol–water partition coefficient (Wildman–Crippen LogP) is 2.79. The molecule has 0 aliphatic carbocycles. The van der Waals surface area contributed by atoms with E-state index in [0.29, 0.717) is 0 Å². The van der Waals surface area contributed by atoms with Crippen molar-refractivity contribution < 1.29 is 27.9 Å². The van der Waals surface area contributed by atoms with E-state index in [1.54, 1.807) is 0 Å². The van der Waals surface area contributed by atoms with E-state index < -0.39 is 35.6 Å². The van der Waals surface area contributed by atoms with Gasteiger partial charge in [0.2, 0.25) is 5.91 Å². The van der Waals surface area contributed by atoms with Crippen molar-refractivity contribution in [2.75, 3.05) is 0 Å². The third-order valence-electron chi connectivity index (χ3n) is 3.04. The van der Waals surface area contributed by atoms with E-state index in [-0.39, 0.29) is 12.0 Å². The average Bonchev–Trinajstić information content (AvgIpc) is 2.37. The average molecular weight is 303 g/mol. The van der Waals surface area contributed by atoms with Crippen molar-refractivity contribution in [1.29, 1.82) is 0 Å². The van der Waals surface area contributed by atoms with Crippen LogP contribution in [-0.2, 0) is 15.8 Å². The molecule has 1 aromatic rings. The Bertz CT molecular complexity index is 528. The van der Waals surface area contributed by atoms with Crippen LogP contribution in [0.1, 0.15) is 37.3 Å². The number of carbonyl (C=O) groups excluding carboxylic acids is 1. The highest BCUT2D eigenvalue weighted by Crippen LogP contribution is 2.35. The summed E-state index contributed by atoms with van der Waals surface area (Å²) in [6.07, 6.45) is -4.71. The zero-order valence-corrected chi connectivity index (χ0v) is 11.6. The molecule has 0 saturated carbocycles. The molecule has 7 heteroatoms. The van der Waals surface area contributed by atoms with Crippen molar-refractivity contribution in [2.24, 2.45) is 0 Å². The molecule has 0 heterocycles. The van der Waals surface area contributed by atoms with Gasteiger partial charge in [0.25, 0.3) is 0 Å². The first kappa shape index (κ1) is 17.0. The molecule has 2 N–H and O–H groups in total. The molecule has 0 fully saturated rings. The first-order valence-corrected chi connectivity index (χ1v) is 6.31. The molecule has 1 unspecified atom stereocenters. The van der Waals surface area contributed by atoms with E-state index in [1.165, 1.54) is 32.0 Å². The Morgan fingerprint density at radius 2 is 1.81 bits per heavy atom. The second-order valence-corrected chi connectivity index (χ2v) is 4.82. The van der Waals surface area contributed by atoms with Crippen molar-refractivity contribution in [3.63, 3.8) is 0 Å². The molecule has 1 rings (SSSR count). The molecule has 0 aromatic heterocycles. The monoisotopic (exact) mass is 303 g/mol. The molecule has 21 heavy (non-hydrogen) atoms. The van der Waals surface area contributed by atoms with Crippen LogP contribution in [0, 0.1) is 0 Å². The zero-order valence-electron chi connectivity index (χ0n) is 11.6. The van der Waals surface area contributed by atoms with Gasteiger partial charge in [-0.05, 0) is 24.5 Å². The fourth-order valence-electron chi connectivity index (χ4n) is 1.94. The number of carbonyl (C=O) groups is 2. The maximum absolute atomic E-state index is 12.9. The van der Waals surface area contributed by atoms with Crippen LogP contribution in [0.25, 0.3) is 0 Å². The molecular formula is C14H16F3NO3. The summed E-state index contributed by atoms with van der Waals surface area (Å²) in [5.41, 5.74) is -0.764. The summed E-state index contributed by atoms with van der Waals surface area (Å²) in [6.45, 7) is 2.78. The summed E-state index contributed by atoms with van der Waals surface area (Å²) >= 11 is 0. The lowest BCUT2D eigenvalue weighted by atomic mass is 9.92. The summed E-state index contributed by atoms with van der Waals surface area (Å²) in [6, 6.07) is 3.96. The van der Waals surface area contributed by atoms with Crippen LogP contribution in [0.4, 0.5) is 13.2 Å². The molecule has 0 aliphatic heterocycles. The van der Waals surface area contributed by atoms with Crippen LogP contribution in [0.3, 0.4) is 0 Å². The first-order chi connectivity index (χ1) is 9.62. The van der Waals surface area contributed by atoms with Gasteiger partial charge in [0.15, 0.2) is 0 Å². The van der Waals surface area contributed by atoms with E-state index in [2.05, 4.69) is 5.32 Å². The molecule has 4 nitrogen and oxygen atoms in total. The summed E-state index contributed by atoms with van der Waals surface area (Å²) in [5, 5.41) is 10.9. The Labute approximate surface area is 120 Å². The Balaban J connectivity index is 2.83. The van der Waals surface area contributed by atoms with Crippen molar-refractivity contribution >= 4 is 11.9 Å². The van der Waals surface area contributed by atoms with Gasteiger partial charge in [0.05, 0.1) is 5.56 Å². The number of nitrogens with one attached hydrogen (secondary N) is 1. The number of benzene rings is 1. The Morgan fingerprint density at radius 3 is 2.33 bits per heavy atom. The highest BCUT2D eigenvalue weighted by Gasteiger charge is 2.34. The number of carboxylic acid groups (broad SMARTS) is 1. The largest absolute Gasteiger partial charge is 0.480 e. The third kappa shape index (κ3) is 4.77. The highest BCUT2D eigenvalue weighted by atomic mass is 19.4. The minimum Gasteiger partial charge on any atom is -0.480 e. The molecule has 2 atom stereocenters. The number of aliphatic carboxylic acids is 1. The summed E-state index contributed by atoms with van der Waals surface area (Å²) in [5.74, 6) is -2.48. The number of hydrogen-bond acceptors (Lipinski definition) is 2. The second-order valence-electron chi connectivity index (χ2n) is 4.82. The summed E-state index contributed by atoms with van der Waals surface area (Å²) in [4.78, 5) is 22.3. The molecule has 0 radical (unpaired) electrons. The quantitative estimate of drug-likeness (QED) is 0.879. The van der Waals surface area contributed by atoms with Gasteiger partial charge >= 0.3 is 12.1 Å². The Morgan fingerprint density at radius 1 is 1.24 bits per heavy atom. The van der Waals surface area contributed by atoms with Gasteiger partial charge in [-0.2, -0.15) is 13.2 Å². The third-order valence-corrected chi connectivity index (χ3v) is 3.04. The van der Waals surface area contributed by atoms with Crippen LogP contribution in [0.15, 0.2) is 24.3 Å². The Hall–Kier alpha value is -2.05. The predicted molar refractivity (Wildman–Crippen MR) is 69.7 cm³/mol. The minimum absolute atomic E-state index is 0.0168. The lowest BCUT2D eigenvalue weighted by molar-refractivity contribution is -0.141. The van der Waals surface area contributed by atoms with E-state index in [4.69, 9.17) is 5.11 Å². The van der Waals surface area contributed by atoms with E-state index in [9.17, 15) is 22.8 Å². The van der Waals surface area contributed by atoms with Gasteiger partial charge in [-0.1, -0.05) is 25.1 Å². The van der Waals surface area contributed by atoms with Gasteiger partial charge in [-0.15, -0.1) is 0 Å². The fraction of sp³-hybridized carbons (Fsp3) is 0.429. The van der Waals surface area contributed by atoms with Crippen molar-refractivity contribution in [3.8, 4) is 0 Å². The van der Waals surface area contributed by atoms with Gasteiger partial charge in [0.1, 0.15) is 6.04 Å². The number of amides is 1. The van der Waals surface area contributed by atoms with Gasteiger partial charge in [-0.25, -0.2) is 0 Å².